The van der Waals surface area contributed by atoms with Crippen molar-refractivity contribution in [1.29, 1.82) is 0 Å². The van der Waals surface area contributed by atoms with Gasteiger partial charge in [-0.3, -0.25) is 0 Å². The molecule has 1 aromatic rings. The van der Waals surface area contributed by atoms with E-state index in [-0.39, 0.29) is 6.04 Å². The fourth-order valence-corrected chi connectivity index (χ4v) is 1.55. The summed E-state index contributed by atoms with van der Waals surface area (Å²) in [6, 6.07) is 8.74. The summed E-state index contributed by atoms with van der Waals surface area (Å²) in [5.41, 5.74) is 8.68. The van der Waals surface area contributed by atoms with E-state index in [1.165, 1.54) is 17.5 Å². The summed E-state index contributed by atoms with van der Waals surface area (Å²) in [6.45, 7) is 6.57. The van der Waals surface area contributed by atoms with Crippen LogP contribution < -0.4 is 5.73 Å². The Labute approximate surface area is 87.3 Å². The zero-order valence-corrected chi connectivity index (χ0v) is 9.46. The van der Waals surface area contributed by atoms with Crippen LogP contribution in [0.15, 0.2) is 24.3 Å². The standard InChI is InChI=1S/C13H21N/c1-4-10(2)9-13(14)12-7-5-11(3)6-8-12/h5-8,10,13H,4,9,14H2,1-3H3. The van der Waals surface area contributed by atoms with Crippen LogP contribution in [0, 0.1) is 12.8 Å². The van der Waals surface area contributed by atoms with Crippen molar-refractivity contribution in [2.24, 2.45) is 11.7 Å². The molecule has 0 heterocycles. The lowest BCUT2D eigenvalue weighted by molar-refractivity contribution is 0.461. The Balaban J connectivity index is 2.60. The van der Waals surface area contributed by atoms with Crippen LogP contribution in [0.1, 0.15) is 43.9 Å². The fraction of sp³-hybridized carbons (Fsp3) is 0.538. The van der Waals surface area contributed by atoms with E-state index in [0.717, 1.165) is 6.42 Å². The van der Waals surface area contributed by atoms with Gasteiger partial charge in [-0.2, -0.15) is 0 Å². The van der Waals surface area contributed by atoms with Gasteiger partial charge in [0.15, 0.2) is 0 Å². The summed E-state index contributed by atoms with van der Waals surface area (Å²) in [5.74, 6) is 0.714. The zero-order valence-electron chi connectivity index (χ0n) is 9.46. The van der Waals surface area contributed by atoms with E-state index in [0.29, 0.717) is 5.92 Å². The second kappa shape index (κ2) is 5.16. The third-order valence-corrected chi connectivity index (χ3v) is 2.86. The van der Waals surface area contributed by atoms with E-state index in [1.807, 2.05) is 0 Å². The van der Waals surface area contributed by atoms with Gasteiger partial charge in [0.1, 0.15) is 0 Å². The molecule has 1 nitrogen and oxygen atoms in total. The first-order chi connectivity index (χ1) is 6.63. The minimum Gasteiger partial charge on any atom is -0.324 e. The molecule has 0 amide bonds. The number of nitrogens with two attached hydrogens (primary N) is 1. The molecular formula is C13H21N. The summed E-state index contributed by atoms with van der Waals surface area (Å²) in [5, 5.41) is 0. The number of benzene rings is 1. The second-order valence-corrected chi connectivity index (χ2v) is 4.27. The van der Waals surface area contributed by atoms with Crippen LogP contribution in [0.25, 0.3) is 0 Å². The molecule has 0 aliphatic carbocycles. The lowest BCUT2D eigenvalue weighted by Gasteiger charge is -2.16. The first kappa shape index (κ1) is 11.3. The lowest BCUT2D eigenvalue weighted by Crippen LogP contribution is -2.13. The van der Waals surface area contributed by atoms with E-state index in [2.05, 4.69) is 45.0 Å². The smallest absolute Gasteiger partial charge is 0.0297 e. The average Bonchev–Trinajstić information content (AvgIpc) is 2.18. The first-order valence-electron chi connectivity index (χ1n) is 5.45. The quantitative estimate of drug-likeness (QED) is 0.775. The van der Waals surface area contributed by atoms with Crippen molar-refractivity contribution in [1.82, 2.24) is 0 Å². The van der Waals surface area contributed by atoms with E-state index >= 15 is 0 Å². The van der Waals surface area contributed by atoms with Gasteiger partial charge in [-0.1, -0.05) is 50.1 Å². The van der Waals surface area contributed by atoms with Crippen LogP contribution in [0.3, 0.4) is 0 Å². The summed E-state index contributed by atoms with van der Waals surface area (Å²) in [7, 11) is 0. The average molecular weight is 191 g/mol. The summed E-state index contributed by atoms with van der Waals surface area (Å²) < 4.78 is 0. The Hall–Kier alpha value is -0.820. The molecule has 0 radical (unpaired) electrons. The van der Waals surface area contributed by atoms with Gasteiger partial charge in [0.2, 0.25) is 0 Å². The second-order valence-electron chi connectivity index (χ2n) is 4.27. The molecule has 2 unspecified atom stereocenters. The summed E-state index contributed by atoms with van der Waals surface area (Å²) in [6.07, 6.45) is 2.29. The van der Waals surface area contributed by atoms with Gasteiger partial charge in [-0.15, -0.1) is 0 Å². The summed E-state index contributed by atoms with van der Waals surface area (Å²) >= 11 is 0. The predicted octanol–water partition coefficient (Wildman–Crippen LogP) is 3.43. The highest BCUT2D eigenvalue weighted by molar-refractivity contribution is 5.23. The van der Waals surface area contributed by atoms with Crippen molar-refractivity contribution in [3.8, 4) is 0 Å². The third-order valence-electron chi connectivity index (χ3n) is 2.86. The number of rotatable bonds is 4. The van der Waals surface area contributed by atoms with Gasteiger partial charge in [-0.05, 0) is 24.8 Å². The molecule has 0 bridgehead atoms. The van der Waals surface area contributed by atoms with Crippen molar-refractivity contribution >= 4 is 0 Å². The molecule has 78 valence electrons. The number of aryl methyl sites for hydroxylation is 1. The zero-order chi connectivity index (χ0) is 10.6. The normalized spacial score (nSPS) is 15.1. The monoisotopic (exact) mass is 191 g/mol. The Morgan fingerprint density at radius 3 is 2.29 bits per heavy atom. The van der Waals surface area contributed by atoms with Crippen LogP contribution >= 0.6 is 0 Å². The lowest BCUT2D eigenvalue weighted by atomic mass is 9.94. The van der Waals surface area contributed by atoms with E-state index in [4.69, 9.17) is 5.73 Å². The molecule has 1 heteroatoms. The molecule has 1 aromatic carbocycles. The largest absolute Gasteiger partial charge is 0.324 e. The maximum absolute atomic E-state index is 6.12. The Kier molecular flexibility index (Phi) is 4.15. The number of hydrogen-bond acceptors (Lipinski definition) is 1. The van der Waals surface area contributed by atoms with Crippen LogP contribution in [0.4, 0.5) is 0 Å². The van der Waals surface area contributed by atoms with Gasteiger partial charge in [0, 0.05) is 6.04 Å². The highest BCUT2D eigenvalue weighted by atomic mass is 14.6. The number of hydrogen-bond donors (Lipinski definition) is 1. The predicted molar refractivity (Wildman–Crippen MR) is 62.2 cm³/mol. The molecule has 0 aromatic heterocycles. The Morgan fingerprint density at radius 1 is 1.21 bits per heavy atom. The van der Waals surface area contributed by atoms with Gasteiger partial charge in [0.25, 0.3) is 0 Å². The highest BCUT2D eigenvalue weighted by Gasteiger charge is 2.09. The minimum atomic E-state index is 0.200. The molecule has 0 spiro atoms. The fourth-order valence-electron chi connectivity index (χ4n) is 1.55. The van der Waals surface area contributed by atoms with Gasteiger partial charge in [0.05, 0.1) is 0 Å². The van der Waals surface area contributed by atoms with Gasteiger partial charge < -0.3 is 5.73 Å². The molecule has 0 aliphatic heterocycles. The molecule has 14 heavy (non-hydrogen) atoms. The van der Waals surface area contributed by atoms with Crippen molar-refractivity contribution in [2.45, 2.75) is 39.7 Å². The molecular weight excluding hydrogens is 170 g/mol. The third kappa shape index (κ3) is 3.15. The van der Waals surface area contributed by atoms with Crippen LogP contribution in [0.5, 0.6) is 0 Å². The van der Waals surface area contributed by atoms with Crippen molar-refractivity contribution < 1.29 is 0 Å². The minimum absolute atomic E-state index is 0.200. The molecule has 0 fully saturated rings. The van der Waals surface area contributed by atoms with Crippen molar-refractivity contribution in [3.05, 3.63) is 35.4 Å². The Bertz CT molecular complexity index is 263. The molecule has 2 N–H and O–H groups in total. The van der Waals surface area contributed by atoms with Crippen LogP contribution in [0.2, 0.25) is 0 Å². The highest BCUT2D eigenvalue weighted by Crippen LogP contribution is 2.20. The topological polar surface area (TPSA) is 26.0 Å². The molecule has 2 atom stereocenters. The first-order valence-corrected chi connectivity index (χ1v) is 5.45. The van der Waals surface area contributed by atoms with Crippen LogP contribution in [-0.2, 0) is 0 Å². The molecule has 0 aliphatic rings. The van der Waals surface area contributed by atoms with Crippen molar-refractivity contribution in [2.75, 3.05) is 0 Å². The van der Waals surface area contributed by atoms with Gasteiger partial charge in [-0.25, -0.2) is 0 Å². The summed E-state index contributed by atoms with van der Waals surface area (Å²) in [4.78, 5) is 0. The molecule has 0 saturated heterocycles. The molecule has 0 saturated carbocycles. The Morgan fingerprint density at radius 2 is 1.79 bits per heavy atom. The van der Waals surface area contributed by atoms with Crippen LogP contribution in [-0.4, -0.2) is 0 Å². The SMILES string of the molecule is CCC(C)CC(N)c1ccc(C)cc1. The van der Waals surface area contributed by atoms with E-state index < -0.39 is 0 Å². The van der Waals surface area contributed by atoms with Gasteiger partial charge >= 0.3 is 0 Å². The van der Waals surface area contributed by atoms with E-state index in [1.54, 1.807) is 0 Å². The maximum atomic E-state index is 6.12. The molecule has 1 rings (SSSR count). The van der Waals surface area contributed by atoms with E-state index in [9.17, 15) is 0 Å². The maximum Gasteiger partial charge on any atom is 0.0297 e. The van der Waals surface area contributed by atoms with Crippen molar-refractivity contribution in [3.63, 3.8) is 0 Å².